The fraction of sp³-hybridized carbons (Fsp3) is 0.438. The van der Waals surface area contributed by atoms with E-state index >= 15 is 0 Å². The molecule has 1 aromatic carbocycles. The number of benzene rings is 1. The minimum atomic E-state index is -0.934. The number of nitrogens with one attached hydrogen (secondary N) is 1. The maximum atomic E-state index is 11.5. The van der Waals surface area contributed by atoms with E-state index in [0.29, 0.717) is 29.2 Å². The van der Waals surface area contributed by atoms with Crippen LogP contribution in [0.15, 0.2) is 28.7 Å². The zero-order valence-corrected chi connectivity index (χ0v) is 11.8. The van der Waals surface area contributed by atoms with Gasteiger partial charge in [0.1, 0.15) is 16.9 Å². The number of carboxylic acid groups (broad SMARTS) is 1. The van der Waals surface area contributed by atoms with Crippen LogP contribution in [0.25, 0.3) is 11.0 Å². The van der Waals surface area contributed by atoms with Crippen molar-refractivity contribution in [2.45, 2.75) is 38.8 Å². The van der Waals surface area contributed by atoms with Gasteiger partial charge in [-0.05, 0) is 38.7 Å². The molecule has 0 atom stereocenters. The molecule has 0 saturated heterocycles. The summed E-state index contributed by atoms with van der Waals surface area (Å²) in [6, 6.07) is 7.27. The molecule has 0 radical (unpaired) electrons. The second-order valence-electron chi connectivity index (χ2n) is 6.05. The number of hydrogen-bond acceptors (Lipinski definition) is 3. The number of rotatable bonds is 5. The molecule has 0 unspecified atom stereocenters. The normalized spacial score (nSPS) is 15.7. The van der Waals surface area contributed by atoms with Crippen molar-refractivity contribution >= 4 is 16.9 Å². The molecule has 1 fully saturated rings. The predicted molar refractivity (Wildman–Crippen MR) is 76.8 cm³/mol. The molecular weight excluding hydrogens is 254 g/mol. The summed E-state index contributed by atoms with van der Waals surface area (Å²) in [7, 11) is 0. The van der Waals surface area contributed by atoms with Crippen molar-refractivity contribution in [2.24, 2.45) is 5.92 Å². The molecule has 0 spiro atoms. The van der Waals surface area contributed by atoms with E-state index in [-0.39, 0.29) is 11.1 Å². The summed E-state index contributed by atoms with van der Waals surface area (Å²) in [5, 5.41) is 13.5. The molecule has 1 heterocycles. The average molecular weight is 273 g/mol. The SMILES string of the molecule is CC(C)(NCc1oc2ccccc2c1C(=O)O)C1CC1. The Morgan fingerprint density at radius 3 is 2.75 bits per heavy atom. The number of fused-ring (bicyclic) bond motifs is 1. The highest BCUT2D eigenvalue weighted by Crippen LogP contribution is 2.39. The third-order valence-electron chi connectivity index (χ3n) is 4.18. The molecular formula is C16H19NO3. The Morgan fingerprint density at radius 2 is 2.10 bits per heavy atom. The Bertz CT molecular complexity index is 653. The van der Waals surface area contributed by atoms with Crippen LogP contribution in [0.2, 0.25) is 0 Å². The zero-order chi connectivity index (χ0) is 14.3. The summed E-state index contributed by atoms with van der Waals surface area (Å²) < 4.78 is 5.71. The third kappa shape index (κ3) is 2.31. The molecule has 1 saturated carbocycles. The van der Waals surface area contributed by atoms with E-state index in [4.69, 9.17) is 4.42 Å². The molecule has 1 aliphatic rings. The molecule has 4 nitrogen and oxygen atoms in total. The topological polar surface area (TPSA) is 62.5 Å². The lowest BCUT2D eigenvalue weighted by Gasteiger charge is -2.25. The minimum Gasteiger partial charge on any atom is -0.478 e. The number of furan rings is 1. The minimum absolute atomic E-state index is 0.0226. The van der Waals surface area contributed by atoms with Gasteiger partial charge >= 0.3 is 5.97 Å². The van der Waals surface area contributed by atoms with Crippen molar-refractivity contribution < 1.29 is 14.3 Å². The summed E-state index contributed by atoms with van der Waals surface area (Å²) >= 11 is 0. The van der Waals surface area contributed by atoms with Crippen LogP contribution in [-0.2, 0) is 6.54 Å². The zero-order valence-electron chi connectivity index (χ0n) is 11.8. The van der Waals surface area contributed by atoms with Crippen molar-refractivity contribution in [1.82, 2.24) is 5.32 Å². The van der Waals surface area contributed by atoms with Crippen molar-refractivity contribution in [2.75, 3.05) is 0 Å². The summed E-state index contributed by atoms with van der Waals surface area (Å²) in [5.41, 5.74) is 0.931. The molecule has 0 amide bonds. The lowest BCUT2D eigenvalue weighted by molar-refractivity contribution is 0.0695. The largest absolute Gasteiger partial charge is 0.478 e. The number of para-hydroxylation sites is 1. The fourth-order valence-electron chi connectivity index (χ4n) is 2.71. The van der Waals surface area contributed by atoms with E-state index in [1.54, 1.807) is 12.1 Å². The lowest BCUT2D eigenvalue weighted by Crippen LogP contribution is -2.40. The molecule has 0 aliphatic heterocycles. The van der Waals surface area contributed by atoms with Gasteiger partial charge < -0.3 is 14.8 Å². The van der Waals surface area contributed by atoms with E-state index in [1.807, 2.05) is 12.1 Å². The van der Waals surface area contributed by atoms with Crippen LogP contribution in [0, 0.1) is 5.92 Å². The van der Waals surface area contributed by atoms with Gasteiger partial charge in [-0.2, -0.15) is 0 Å². The Balaban J connectivity index is 1.90. The second kappa shape index (κ2) is 4.63. The van der Waals surface area contributed by atoms with Gasteiger partial charge in [-0.3, -0.25) is 0 Å². The highest BCUT2D eigenvalue weighted by Gasteiger charge is 2.37. The van der Waals surface area contributed by atoms with Crippen molar-refractivity contribution in [3.05, 3.63) is 35.6 Å². The summed E-state index contributed by atoms with van der Waals surface area (Å²) in [6.45, 7) is 4.77. The Morgan fingerprint density at radius 1 is 1.40 bits per heavy atom. The Labute approximate surface area is 117 Å². The maximum absolute atomic E-state index is 11.5. The van der Waals surface area contributed by atoms with Gasteiger partial charge in [-0.25, -0.2) is 4.79 Å². The maximum Gasteiger partial charge on any atom is 0.339 e. The smallest absolute Gasteiger partial charge is 0.339 e. The standard InChI is InChI=1S/C16H19NO3/c1-16(2,10-7-8-10)17-9-13-14(15(18)19)11-5-3-4-6-12(11)20-13/h3-6,10,17H,7-9H2,1-2H3,(H,18,19). The number of carboxylic acids is 1. The molecule has 2 aromatic rings. The quantitative estimate of drug-likeness (QED) is 0.876. The van der Waals surface area contributed by atoms with E-state index in [2.05, 4.69) is 19.2 Å². The highest BCUT2D eigenvalue weighted by atomic mass is 16.4. The van der Waals surface area contributed by atoms with E-state index < -0.39 is 5.97 Å². The third-order valence-corrected chi connectivity index (χ3v) is 4.18. The van der Waals surface area contributed by atoms with Crippen LogP contribution in [0.4, 0.5) is 0 Å². The van der Waals surface area contributed by atoms with Gasteiger partial charge in [0.05, 0.1) is 6.54 Å². The van der Waals surface area contributed by atoms with Gasteiger partial charge in [0.15, 0.2) is 0 Å². The first kappa shape index (κ1) is 13.2. The summed E-state index contributed by atoms with van der Waals surface area (Å²) in [6.07, 6.45) is 2.48. The van der Waals surface area contributed by atoms with Gasteiger partial charge in [0.25, 0.3) is 0 Å². The van der Waals surface area contributed by atoms with Gasteiger partial charge in [0.2, 0.25) is 0 Å². The first-order chi connectivity index (χ1) is 9.49. The summed E-state index contributed by atoms with van der Waals surface area (Å²) in [5.74, 6) is 0.253. The predicted octanol–water partition coefficient (Wildman–Crippen LogP) is 3.41. The number of hydrogen-bond donors (Lipinski definition) is 2. The Kier molecular flexibility index (Phi) is 3.05. The van der Waals surface area contributed by atoms with Crippen LogP contribution in [0.3, 0.4) is 0 Å². The van der Waals surface area contributed by atoms with Crippen molar-refractivity contribution in [1.29, 1.82) is 0 Å². The van der Waals surface area contributed by atoms with Gasteiger partial charge in [-0.15, -0.1) is 0 Å². The molecule has 0 bridgehead atoms. The molecule has 2 N–H and O–H groups in total. The van der Waals surface area contributed by atoms with Crippen LogP contribution in [-0.4, -0.2) is 16.6 Å². The van der Waals surface area contributed by atoms with E-state index in [9.17, 15) is 9.90 Å². The lowest BCUT2D eigenvalue weighted by atomic mass is 9.98. The molecule has 1 aromatic heterocycles. The second-order valence-corrected chi connectivity index (χ2v) is 6.05. The first-order valence-electron chi connectivity index (χ1n) is 6.98. The summed E-state index contributed by atoms with van der Waals surface area (Å²) in [4.78, 5) is 11.5. The molecule has 4 heteroatoms. The monoisotopic (exact) mass is 273 g/mol. The molecule has 3 rings (SSSR count). The van der Waals surface area contributed by atoms with Crippen LogP contribution in [0.1, 0.15) is 42.8 Å². The number of aromatic carboxylic acids is 1. The first-order valence-corrected chi connectivity index (χ1v) is 6.98. The van der Waals surface area contributed by atoms with Crippen LogP contribution >= 0.6 is 0 Å². The molecule has 1 aliphatic carbocycles. The average Bonchev–Trinajstić information content (AvgIpc) is 3.17. The van der Waals surface area contributed by atoms with Gasteiger partial charge in [0, 0.05) is 10.9 Å². The van der Waals surface area contributed by atoms with Crippen LogP contribution < -0.4 is 5.32 Å². The van der Waals surface area contributed by atoms with Crippen molar-refractivity contribution in [3.8, 4) is 0 Å². The fourth-order valence-corrected chi connectivity index (χ4v) is 2.71. The van der Waals surface area contributed by atoms with Crippen LogP contribution in [0.5, 0.6) is 0 Å². The van der Waals surface area contributed by atoms with E-state index in [1.165, 1.54) is 12.8 Å². The molecule has 20 heavy (non-hydrogen) atoms. The van der Waals surface area contributed by atoms with Crippen molar-refractivity contribution in [3.63, 3.8) is 0 Å². The number of carbonyl (C=O) groups is 1. The Hall–Kier alpha value is -1.81. The van der Waals surface area contributed by atoms with E-state index in [0.717, 1.165) is 0 Å². The molecule has 106 valence electrons. The highest BCUT2D eigenvalue weighted by molar-refractivity contribution is 6.03. The van der Waals surface area contributed by atoms with Gasteiger partial charge in [-0.1, -0.05) is 18.2 Å².